The minimum absolute atomic E-state index is 0.0900. The molecule has 1 atom stereocenters. The van der Waals surface area contributed by atoms with E-state index < -0.39 is 11.7 Å². The molecular weight excluding hydrogens is 391 g/mol. The molecule has 1 fully saturated rings. The molecule has 0 saturated carbocycles. The van der Waals surface area contributed by atoms with Gasteiger partial charge in [-0.25, -0.2) is 0 Å². The number of nitrogens with zero attached hydrogens (tertiary/aromatic N) is 1. The van der Waals surface area contributed by atoms with E-state index in [-0.39, 0.29) is 17.7 Å². The van der Waals surface area contributed by atoms with Crippen molar-refractivity contribution in [3.8, 4) is 11.5 Å². The van der Waals surface area contributed by atoms with Crippen molar-refractivity contribution in [2.75, 3.05) is 26.5 Å². The zero-order valence-electron chi connectivity index (χ0n) is 15.5. The van der Waals surface area contributed by atoms with Crippen molar-refractivity contribution < 1.29 is 27.4 Å². The molecule has 150 valence electrons. The first-order valence-corrected chi connectivity index (χ1v) is 9.67. The van der Waals surface area contributed by atoms with Gasteiger partial charge in [0.1, 0.15) is 16.9 Å². The van der Waals surface area contributed by atoms with Crippen LogP contribution in [0.15, 0.2) is 42.5 Å². The van der Waals surface area contributed by atoms with Gasteiger partial charge in [-0.2, -0.15) is 13.2 Å². The Kier molecular flexibility index (Phi) is 6.07. The summed E-state index contributed by atoms with van der Waals surface area (Å²) in [5.41, 5.74) is 0.398. The number of carbonyl (C=O) groups is 1. The summed E-state index contributed by atoms with van der Waals surface area (Å²) in [6.45, 7) is 0.521. The number of ether oxygens (including phenoxy) is 2. The van der Waals surface area contributed by atoms with Gasteiger partial charge < -0.3 is 14.4 Å². The first kappa shape index (κ1) is 20.4. The van der Waals surface area contributed by atoms with Crippen molar-refractivity contribution >= 4 is 17.7 Å². The van der Waals surface area contributed by atoms with Crippen LogP contribution in [0.1, 0.15) is 22.1 Å². The van der Waals surface area contributed by atoms with E-state index in [1.807, 2.05) is 6.07 Å². The number of amides is 1. The second-order valence-electron chi connectivity index (χ2n) is 6.29. The third-order valence-corrected chi connectivity index (χ3v) is 5.77. The standard InChI is InChI=1S/C20H20F3NO3S/c1-26-15-6-7-17(27-2)16(12-15)19-24(8-9-28-19)18(25)11-13-4-3-5-14(10-13)20(21,22)23/h3-7,10,12,19H,8-9,11H2,1-2H3. The van der Waals surface area contributed by atoms with E-state index in [0.717, 1.165) is 23.4 Å². The number of alkyl halides is 3. The maximum atomic E-state index is 12.9. The zero-order chi connectivity index (χ0) is 20.3. The highest BCUT2D eigenvalue weighted by Gasteiger charge is 2.34. The molecule has 0 aliphatic carbocycles. The highest BCUT2D eigenvalue weighted by atomic mass is 32.2. The van der Waals surface area contributed by atoms with Crippen molar-refractivity contribution in [1.29, 1.82) is 0 Å². The average Bonchev–Trinajstić information content (AvgIpc) is 3.17. The highest BCUT2D eigenvalue weighted by Crippen LogP contribution is 2.43. The Bertz CT molecular complexity index is 857. The van der Waals surface area contributed by atoms with Gasteiger partial charge in [0.2, 0.25) is 5.91 Å². The van der Waals surface area contributed by atoms with Gasteiger partial charge in [0.25, 0.3) is 0 Å². The maximum absolute atomic E-state index is 12.9. The summed E-state index contributed by atoms with van der Waals surface area (Å²) in [5, 5.41) is -0.275. The quantitative estimate of drug-likeness (QED) is 0.724. The summed E-state index contributed by atoms with van der Waals surface area (Å²) in [5.74, 6) is 1.80. The Morgan fingerprint density at radius 2 is 1.96 bits per heavy atom. The molecule has 3 rings (SSSR count). The summed E-state index contributed by atoms with van der Waals surface area (Å²) in [6, 6.07) is 10.3. The third-order valence-electron chi connectivity index (χ3n) is 4.52. The van der Waals surface area contributed by atoms with Crippen LogP contribution in [-0.4, -0.2) is 37.3 Å². The average molecular weight is 411 g/mol. The molecule has 0 bridgehead atoms. The topological polar surface area (TPSA) is 38.8 Å². The lowest BCUT2D eigenvalue weighted by atomic mass is 10.1. The van der Waals surface area contributed by atoms with E-state index in [4.69, 9.17) is 9.47 Å². The second kappa shape index (κ2) is 8.34. The van der Waals surface area contributed by atoms with Crippen LogP contribution in [0.2, 0.25) is 0 Å². The predicted octanol–water partition coefficient (Wildman–Crippen LogP) is 4.54. The first-order valence-electron chi connectivity index (χ1n) is 8.62. The fraction of sp³-hybridized carbons (Fsp3) is 0.350. The van der Waals surface area contributed by atoms with Crippen LogP contribution >= 0.6 is 11.8 Å². The molecule has 1 amide bonds. The summed E-state index contributed by atoms with van der Waals surface area (Å²) in [6.07, 6.45) is -4.52. The molecule has 28 heavy (non-hydrogen) atoms. The molecule has 2 aromatic rings. The molecule has 0 spiro atoms. The molecule has 0 radical (unpaired) electrons. The number of rotatable bonds is 5. The van der Waals surface area contributed by atoms with Gasteiger partial charge in [-0.1, -0.05) is 18.2 Å². The van der Waals surface area contributed by atoms with Crippen LogP contribution in [0.4, 0.5) is 13.2 Å². The summed E-state index contributed by atoms with van der Waals surface area (Å²) < 4.78 is 49.5. The van der Waals surface area contributed by atoms with Crippen molar-refractivity contribution in [1.82, 2.24) is 4.90 Å². The molecule has 8 heteroatoms. The monoisotopic (exact) mass is 411 g/mol. The SMILES string of the molecule is COc1ccc(OC)c(C2SCCN2C(=O)Cc2cccc(C(F)(F)F)c2)c1. The smallest absolute Gasteiger partial charge is 0.416 e. The molecule has 1 unspecified atom stereocenters. The van der Waals surface area contributed by atoms with Crippen molar-refractivity contribution in [2.45, 2.75) is 18.0 Å². The van der Waals surface area contributed by atoms with Crippen LogP contribution < -0.4 is 9.47 Å². The minimum Gasteiger partial charge on any atom is -0.497 e. The van der Waals surface area contributed by atoms with E-state index in [0.29, 0.717) is 23.6 Å². The van der Waals surface area contributed by atoms with Gasteiger partial charge in [-0.3, -0.25) is 4.79 Å². The number of methoxy groups -OCH3 is 2. The fourth-order valence-electron chi connectivity index (χ4n) is 3.15. The number of hydrogen-bond acceptors (Lipinski definition) is 4. The number of hydrogen-bond donors (Lipinski definition) is 0. The Labute approximate surface area is 165 Å². The molecule has 1 saturated heterocycles. The number of benzene rings is 2. The van der Waals surface area contributed by atoms with Gasteiger partial charge in [0.15, 0.2) is 0 Å². The van der Waals surface area contributed by atoms with Gasteiger partial charge in [-0.15, -0.1) is 11.8 Å². The van der Waals surface area contributed by atoms with Crippen LogP contribution in [0, 0.1) is 0 Å². The lowest BCUT2D eigenvalue weighted by Gasteiger charge is -2.26. The van der Waals surface area contributed by atoms with Gasteiger partial charge >= 0.3 is 6.18 Å². The van der Waals surface area contributed by atoms with Crippen molar-refractivity contribution in [2.24, 2.45) is 0 Å². The van der Waals surface area contributed by atoms with Crippen molar-refractivity contribution in [3.63, 3.8) is 0 Å². The lowest BCUT2D eigenvalue weighted by Crippen LogP contribution is -2.32. The van der Waals surface area contributed by atoms with Gasteiger partial charge in [0.05, 0.1) is 26.2 Å². The molecule has 0 N–H and O–H groups in total. The van der Waals surface area contributed by atoms with Crippen LogP contribution in [0.25, 0.3) is 0 Å². The molecular formula is C20H20F3NO3S. The van der Waals surface area contributed by atoms with E-state index >= 15 is 0 Å². The minimum atomic E-state index is -4.43. The van der Waals surface area contributed by atoms with E-state index in [1.54, 1.807) is 43.0 Å². The normalized spacial score (nSPS) is 16.9. The highest BCUT2D eigenvalue weighted by molar-refractivity contribution is 7.99. The number of thioether (sulfide) groups is 1. The van der Waals surface area contributed by atoms with E-state index in [2.05, 4.69) is 0 Å². The van der Waals surface area contributed by atoms with Gasteiger partial charge in [-0.05, 0) is 29.8 Å². The molecule has 1 aliphatic rings. The fourth-order valence-corrected chi connectivity index (χ4v) is 4.44. The Morgan fingerprint density at radius 1 is 1.18 bits per heavy atom. The molecule has 2 aromatic carbocycles. The predicted molar refractivity (Wildman–Crippen MR) is 102 cm³/mol. The largest absolute Gasteiger partial charge is 0.497 e. The Morgan fingerprint density at radius 3 is 2.64 bits per heavy atom. The number of halogens is 3. The third kappa shape index (κ3) is 4.38. The molecule has 4 nitrogen and oxygen atoms in total. The van der Waals surface area contributed by atoms with Crippen molar-refractivity contribution in [3.05, 3.63) is 59.2 Å². The van der Waals surface area contributed by atoms with E-state index in [9.17, 15) is 18.0 Å². The van der Waals surface area contributed by atoms with Gasteiger partial charge in [0, 0.05) is 17.9 Å². The number of carbonyl (C=O) groups excluding carboxylic acids is 1. The molecule has 0 aromatic heterocycles. The van der Waals surface area contributed by atoms with E-state index in [1.165, 1.54) is 12.1 Å². The zero-order valence-corrected chi connectivity index (χ0v) is 16.3. The molecule has 1 aliphatic heterocycles. The Hall–Kier alpha value is -2.35. The summed E-state index contributed by atoms with van der Waals surface area (Å²) >= 11 is 1.59. The van der Waals surface area contributed by atoms with Crippen LogP contribution in [-0.2, 0) is 17.4 Å². The summed E-state index contributed by atoms with van der Waals surface area (Å²) in [4.78, 5) is 14.6. The summed E-state index contributed by atoms with van der Waals surface area (Å²) in [7, 11) is 3.11. The lowest BCUT2D eigenvalue weighted by molar-refractivity contribution is -0.138. The second-order valence-corrected chi connectivity index (χ2v) is 7.48. The first-order chi connectivity index (χ1) is 13.3. The Balaban J connectivity index is 1.83. The van der Waals surface area contributed by atoms with Crippen LogP contribution in [0.3, 0.4) is 0 Å². The molecule has 1 heterocycles. The maximum Gasteiger partial charge on any atom is 0.416 e. The van der Waals surface area contributed by atoms with Crippen LogP contribution in [0.5, 0.6) is 11.5 Å².